The van der Waals surface area contributed by atoms with E-state index in [4.69, 9.17) is 20.8 Å². The van der Waals surface area contributed by atoms with Crippen LogP contribution in [0.4, 0.5) is 0 Å². The van der Waals surface area contributed by atoms with Crippen molar-refractivity contribution in [2.24, 2.45) is 0 Å². The molecule has 2 nitrogen and oxygen atoms in total. The number of hydrogen-bond donors (Lipinski definition) is 0. The Kier molecular flexibility index (Phi) is 2.14. The van der Waals surface area contributed by atoms with E-state index >= 15 is 0 Å². The van der Waals surface area contributed by atoms with E-state index in [1.807, 2.05) is 30.4 Å². The zero-order chi connectivity index (χ0) is 14.0. The van der Waals surface area contributed by atoms with Crippen molar-refractivity contribution in [2.75, 3.05) is 0 Å². The predicted octanol–water partition coefficient (Wildman–Crippen LogP) is 5.47. The van der Waals surface area contributed by atoms with Gasteiger partial charge < -0.3 is 9.15 Å². The Morgan fingerprint density at radius 3 is 2.86 bits per heavy atom. The largest absolute Gasteiger partial charge is 0.461 e. The van der Waals surface area contributed by atoms with Gasteiger partial charge in [-0.1, -0.05) is 29.8 Å². The third kappa shape index (κ3) is 1.54. The minimum atomic E-state index is 0.218. The molecular formula is C18H11ClO2. The fourth-order valence-corrected chi connectivity index (χ4v) is 3.49. The lowest BCUT2D eigenvalue weighted by Crippen LogP contribution is -2.02. The second-order valence-electron chi connectivity index (χ2n) is 5.53. The molecule has 0 N–H and O–H groups in total. The lowest BCUT2D eigenvalue weighted by Gasteiger charge is -2.13. The molecule has 21 heavy (non-hydrogen) atoms. The molecule has 1 unspecified atom stereocenters. The van der Waals surface area contributed by atoms with Crippen molar-refractivity contribution in [1.82, 2.24) is 0 Å². The van der Waals surface area contributed by atoms with Gasteiger partial charge in [0.1, 0.15) is 22.7 Å². The Hall–Kier alpha value is -2.19. The molecular weight excluding hydrogens is 284 g/mol. The van der Waals surface area contributed by atoms with Crippen molar-refractivity contribution in [1.29, 1.82) is 0 Å². The first kappa shape index (κ1) is 11.5. The van der Waals surface area contributed by atoms with Gasteiger partial charge in [-0.3, -0.25) is 0 Å². The molecule has 0 saturated heterocycles. The summed E-state index contributed by atoms with van der Waals surface area (Å²) in [6.07, 6.45) is 4.68. The van der Waals surface area contributed by atoms with Crippen LogP contribution in [0.15, 0.2) is 63.8 Å². The van der Waals surface area contributed by atoms with Crippen molar-refractivity contribution >= 4 is 33.5 Å². The molecule has 0 spiro atoms. The first-order chi connectivity index (χ1) is 10.3. The molecule has 3 heteroatoms. The van der Waals surface area contributed by atoms with E-state index in [0.717, 1.165) is 44.9 Å². The van der Waals surface area contributed by atoms with Gasteiger partial charge in [0.2, 0.25) is 0 Å². The zero-order valence-corrected chi connectivity index (χ0v) is 11.9. The van der Waals surface area contributed by atoms with Gasteiger partial charge in [0, 0.05) is 21.4 Å². The first-order valence-electron chi connectivity index (χ1n) is 6.99. The van der Waals surface area contributed by atoms with Crippen LogP contribution in [0.5, 0.6) is 5.75 Å². The molecule has 0 bridgehead atoms. The van der Waals surface area contributed by atoms with Crippen LogP contribution in [0, 0.1) is 0 Å². The topological polar surface area (TPSA) is 22.4 Å². The highest BCUT2D eigenvalue weighted by molar-refractivity contribution is 6.29. The van der Waals surface area contributed by atoms with Crippen molar-refractivity contribution in [3.8, 4) is 5.75 Å². The molecule has 5 rings (SSSR count). The van der Waals surface area contributed by atoms with Gasteiger partial charge in [0.15, 0.2) is 0 Å². The fraction of sp³-hybridized carbons (Fsp3) is 0.111. The second-order valence-corrected chi connectivity index (χ2v) is 6.01. The molecule has 1 aliphatic heterocycles. The standard InChI is InChI=1S/C18H11ClO2/c19-10-5-6-16-12(7-10)14-9-17-13(8-18(14)21-16)11-3-1-2-4-15(11)20-17/h1-6,8-9,12H,7H2. The van der Waals surface area contributed by atoms with E-state index in [9.17, 15) is 0 Å². The smallest absolute Gasteiger partial charge is 0.135 e. The van der Waals surface area contributed by atoms with Crippen molar-refractivity contribution in [2.45, 2.75) is 12.3 Å². The molecule has 2 heterocycles. The number of rotatable bonds is 0. The van der Waals surface area contributed by atoms with Gasteiger partial charge in [-0.2, -0.15) is 0 Å². The first-order valence-corrected chi connectivity index (χ1v) is 7.37. The van der Waals surface area contributed by atoms with Crippen molar-refractivity contribution < 1.29 is 9.15 Å². The van der Waals surface area contributed by atoms with Gasteiger partial charge in [-0.25, -0.2) is 0 Å². The molecule has 102 valence electrons. The molecule has 3 aromatic rings. The summed E-state index contributed by atoms with van der Waals surface area (Å²) in [6, 6.07) is 12.3. The highest BCUT2D eigenvalue weighted by Crippen LogP contribution is 2.48. The summed E-state index contributed by atoms with van der Waals surface area (Å²) < 4.78 is 12.0. The monoisotopic (exact) mass is 294 g/mol. The van der Waals surface area contributed by atoms with Gasteiger partial charge >= 0.3 is 0 Å². The molecule has 0 saturated carbocycles. The summed E-state index contributed by atoms with van der Waals surface area (Å²) in [5.74, 6) is 2.12. The van der Waals surface area contributed by atoms with Gasteiger partial charge in [0.05, 0.1) is 5.92 Å². The SMILES string of the molecule is ClC1=CC=C2Oc3cc4c(cc3C2C1)oc1ccccc14. The highest BCUT2D eigenvalue weighted by atomic mass is 35.5. The molecule has 1 aliphatic carbocycles. The molecule has 0 fully saturated rings. The van der Waals surface area contributed by atoms with Crippen LogP contribution < -0.4 is 4.74 Å². The number of hydrogen-bond acceptors (Lipinski definition) is 2. The van der Waals surface area contributed by atoms with Crippen LogP contribution in [0.1, 0.15) is 17.9 Å². The van der Waals surface area contributed by atoms with Crippen LogP contribution in [0.25, 0.3) is 21.9 Å². The summed E-state index contributed by atoms with van der Waals surface area (Å²) in [4.78, 5) is 0. The normalized spacial score (nSPS) is 20.0. The molecule has 2 aliphatic rings. The zero-order valence-electron chi connectivity index (χ0n) is 11.1. The fourth-order valence-electron chi connectivity index (χ4n) is 3.28. The van der Waals surface area contributed by atoms with E-state index in [1.165, 1.54) is 5.56 Å². The van der Waals surface area contributed by atoms with Crippen LogP contribution in [0.3, 0.4) is 0 Å². The molecule has 0 amide bonds. The summed E-state index contributed by atoms with van der Waals surface area (Å²) in [5.41, 5.74) is 2.98. The lowest BCUT2D eigenvalue weighted by atomic mass is 9.91. The summed E-state index contributed by atoms with van der Waals surface area (Å²) in [6.45, 7) is 0. The minimum Gasteiger partial charge on any atom is -0.461 e. The van der Waals surface area contributed by atoms with E-state index in [-0.39, 0.29) is 5.92 Å². The van der Waals surface area contributed by atoms with Gasteiger partial charge in [-0.15, -0.1) is 0 Å². The van der Waals surface area contributed by atoms with Crippen LogP contribution in [-0.2, 0) is 0 Å². The molecule has 1 atom stereocenters. The van der Waals surface area contributed by atoms with E-state index < -0.39 is 0 Å². The lowest BCUT2D eigenvalue weighted by molar-refractivity contribution is 0.425. The number of furan rings is 1. The number of allylic oxidation sites excluding steroid dienone is 4. The average Bonchev–Trinajstić information content (AvgIpc) is 3.02. The Morgan fingerprint density at radius 1 is 1.00 bits per heavy atom. The Bertz CT molecular complexity index is 962. The quantitative estimate of drug-likeness (QED) is 0.548. The number of para-hydroxylation sites is 1. The minimum absolute atomic E-state index is 0.218. The predicted molar refractivity (Wildman–Crippen MR) is 83.7 cm³/mol. The molecule has 1 aromatic heterocycles. The third-order valence-electron chi connectivity index (χ3n) is 4.28. The van der Waals surface area contributed by atoms with E-state index in [1.54, 1.807) is 0 Å². The van der Waals surface area contributed by atoms with E-state index in [2.05, 4.69) is 18.2 Å². The average molecular weight is 295 g/mol. The van der Waals surface area contributed by atoms with Crippen LogP contribution in [-0.4, -0.2) is 0 Å². The highest BCUT2D eigenvalue weighted by Gasteiger charge is 2.32. The maximum absolute atomic E-state index is 6.17. The molecule has 0 radical (unpaired) electrons. The maximum atomic E-state index is 6.17. The summed E-state index contributed by atoms with van der Waals surface area (Å²) in [5, 5.41) is 3.09. The number of ether oxygens (including phenoxy) is 1. The Balaban J connectivity index is 1.78. The molecule has 2 aromatic carbocycles. The third-order valence-corrected chi connectivity index (χ3v) is 4.56. The number of halogens is 1. The van der Waals surface area contributed by atoms with Gasteiger partial charge in [0.25, 0.3) is 0 Å². The number of fused-ring (bicyclic) bond motifs is 6. The van der Waals surface area contributed by atoms with Crippen LogP contribution in [0.2, 0.25) is 0 Å². The van der Waals surface area contributed by atoms with Crippen LogP contribution >= 0.6 is 11.6 Å². The number of benzene rings is 2. The summed E-state index contributed by atoms with van der Waals surface area (Å²) in [7, 11) is 0. The second kappa shape index (κ2) is 3.92. The van der Waals surface area contributed by atoms with E-state index in [0.29, 0.717) is 0 Å². The Morgan fingerprint density at radius 2 is 1.90 bits per heavy atom. The van der Waals surface area contributed by atoms with Gasteiger partial charge in [-0.05, 0) is 36.8 Å². The Labute approximate surface area is 126 Å². The van der Waals surface area contributed by atoms with Crippen molar-refractivity contribution in [3.63, 3.8) is 0 Å². The van der Waals surface area contributed by atoms with Crippen molar-refractivity contribution in [3.05, 3.63) is 64.9 Å². The summed E-state index contributed by atoms with van der Waals surface area (Å²) >= 11 is 6.17. The maximum Gasteiger partial charge on any atom is 0.135 e.